The fourth-order valence-corrected chi connectivity index (χ4v) is 3.04. The first kappa shape index (κ1) is 12.2. The van der Waals surface area contributed by atoms with Crippen LogP contribution in [-0.2, 0) is 6.42 Å². The van der Waals surface area contributed by atoms with Crippen LogP contribution < -0.4 is 0 Å². The van der Waals surface area contributed by atoms with E-state index in [1.54, 1.807) is 0 Å². The summed E-state index contributed by atoms with van der Waals surface area (Å²) in [5, 5.41) is 0. The smallest absolute Gasteiger partial charge is 0.0174 e. The molecule has 0 N–H and O–H groups in total. The highest BCUT2D eigenvalue weighted by Crippen LogP contribution is 2.38. The molecule has 1 heteroatoms. The number of unbranched alkanes of at least 4 members (excludes halogenated alkanes) is 2. The van der Waals surface area contributed by atoms with Gasteiger partial charge in [-0.25, -0.2) is 0 Å². The second-order valence-corrected chi connectivity index (χ2v) is 6.11. The molecule has 1 atom stereocenters. The fraction of sp³-hybridized carbons (Fsp3) is 0.600. The third-order valence-electron chi connectivity index (χ3n) is 3.42. The van der Waals surface area contributed by atoms with Gasteiger partial charge in [0, 0.05) is 4.83 Å². The average molecular weight is 281 g/mol. The molecular weight excluding hydrogens is 260 g/mol. The third-order valence-corrected chi connectivity index (χ3v) is 4.63. The molecule has 0 heterocycles. The van der Waals surface area contributed by atoms with Gasteiger partial charge in [0.2, 0.25) is 0 Å². The van der Waals surface area contributed by atoms with Crippen LogP contribution in [-0.4, -0.2) is 4.83 Å². The van der Waals surface area contributed by atoms with Gasteiger partial charge in [0.05, 0.1) is 0 Å². The van der Waals surface area contributed by atoms with E-state index >= 15 is 0 Å². The molecule has 0 bridgehead atoms. The van der Waals surface area contributed by atoms with Gasteiger partial charge >= 0.3 is 0 Å². The lowest BCUT2D eigenvalue weighted by Gasteiger charge is -2.07. The molecule has 0 spiro atoms. The highest BCUT2D eigenvalue weighted by atomic mass is 79.9. The van der Waals surface area contributed by atoms with E-state index in [4.69, 9.17) is 0 Å². The van der Waals surface area contributed by atoms with Crippen LogP contribution in [0.4, 0.5) is 0 Å². The molecule has 1 fully saturated rings. The summed E-state index contributed by atoms with van der Waals surface area (Å²) in [4.78, 5) is 0.809. The Morgan fingerprint density at radius 2 is 1.81 bits per heavy atom. The zero-order valence-corrected chi connectivity index (χ0v) is 11.5. The Hall–Kier alpha value is -0.300. The normalized spacial score (nSPS) is 17.3. The predicted molar refractivity (Wildman–Crippen MR) is 74.1 cm³/mol. The van der Waals surface area contributed by atoms with Gasteiger partial charge in [0.15, 0.2) is 0 Å². The van der Waals surface area contributed by atoms with Crippen LogP contribution in [0.15, 0.2) is 30.3 Å². The molecule has 88 valence electrons. The molecule has 1 aromatic rings. The lowest BCUT2D eigenvalue weighted by Crippen LogP contribution is -1.99. The molecule has 1 unspecified atom stereocenters. The molecular formula is C15H21Br. The number of rotatable bonds is 7. The second-order valence-electron chi connectivity index (χ2n) is 4.94. The van der Waals surface area contributed by atoms with E-state index in [2.05, 4.69) is 46.3 Å². The molecule has 0 amide bonds. The van der Waals surface area contributed by atoms with E-state index in [1.165, 1.54) is 50.5 Å². The van der Waals surface area contributed by atoms with E-state index < -0.39 is 0 Å². The van der Waals surface area contributed by atoms with E-state index in [1.807, 2.05) is 0 Å². The van der Waals surface area contributed by atoms with Gasteiger partial charge in [-0.1, -0.05) is 59.1 Å². The quantitative estimate of drug-likeness (QED) is 0.489. The van der Waals surface area contributed by atoms with Crippen LogP contribution in [0.5, 0.6) is 0 Å². The Balaban J connectivity index is 1.52. The van der Waals surface area contributed by atoms with Crippen molar-refractivity contribution in [2.75, 3.05) is 0 Å². The van der Waals surface area contributed by atoms with Gasteiger partial charge in [-0.05, 0) is 43.6 Å². The minimum atomic E-state index is 0.809. The summed E-state index contributed by atoms with van der Waals surface area (Å²) in [6.07, 6.45) is 9.65. The summed E-state index contributed by atoms with van der Waals surface area (Å²) in [7, 11) is 0. The average Bonchev–Trinajstić information content (AvgIpc) is 3.13. The summed E-state index contributed by atoms with van der Waals surface area (Å²) >= 11 is 3.80. The highest BCUT2D eigenvalue weighted by Gasteiger charge is 2.28. The summed E-state index contributed by atoms with van der Waals surface area (Å²) in [5.74, 6) is 1.01. The molecule has 1 aliphatic carbocycles. The van der Waals surface area contributed by atoms with Gasteiger partial charge in [-0.15, -0.1) is 0 Å². The van der Waals surface area contributed by atoms with E-state index in [0.717, 1.165) is 10.7 Å². The van der Waals surface area contributed by atoms with Crippen LogP contribution >= 0.6 is 15.9 Å². The Kier molecular flexibility index (Phi) is 4.90. The Morgan fingerprint density at radius 1 is 1.06 bits per heavy atom. The van der Waals surface area contributed by atoms with Crippen molar-refractivity contribution >= 4 is 15.9 Å². The van der Waals surface area contributed by atoms with Crippen LogP contribution in [0.3, 0.4) is 0 Å². The lowest BCUT2D eigenvalue weighted by molar-refractivity contribution is 0.602. The summed E-state index contributed by atoms with van der Waals surface area (Å²) in [5.41, 5.74) is 1.49. The molecule has 0 nitrogen and oxygen atoms in total. The van der Waals surface area contributed by atoms with Crippen LogP contribution in [0, 0.1) is 5.92 Å². The zero-order valence-electron chi connectivity index (χ0n) is 9.87. The van der Waals surface area contributed by atoms with Crippen molar-refractivity contribution in [1.82, 2.24) is 0 Å². The number of aryl methyl sites for hydroxylation is 1. The van der Waals surface area contributed by atoms with Crippen molar-refractivity contribution in [2.24, 2.45) is 5.92 Å². The van der Waals surface area contributed by atoms with Crippen LogP contribution in [0.2, 0.25) is 0 Å². The molecule has 0 radical (unpaired) electrons. The van der Waals surface area contributed by atoms with Crippen molar-refractivity contribution in [3.63, 3.8) is 0 Å². The minimum absolute atomic E-state index is 0.809. The predicted octanol–water partition coefficient (Wildman–Crippen LogP) is 4.96. The monoisotopic (exact) mass is 280 g/mol. The molecule has 1 aromatic carbocycles. The molecule has 0 aliphatic heterocycles. The highest BCUT2D eigenvalue weighted by molar-refractivity contribution is 9.09. The Labute approximate surface area is 108 Å². The lowest BCUT2D eigenvalue weighted by atomic mass is 10.0. The minimum Gasteiger partial charge on any atom is -0.0888 e. The Morgan fingerprint density at radius 3 is 2.50 bits per heavy atom. The molecule has 1 saturated carbocycles. The summed E-state index contributed by atoms with van der Waals surface area (Å²) < 4.78 is 0. The molecule has 2 rings (SSSR count). The number of benzene rings is 1. The fourth-order valence-electron chi connectivity index (χ4n) is 2.18. The summed E-state index contributed by atoms with van der Waals surface area (Å²) in [6.45, 7) is 0. The van der Waals surface area contributed by atoms with Gasteiger partial charge in [0.1, 0.15) is 0 Å². The second kappa shape index (κ2) is 6.44. The van der Waals surface area contributed by atoms with Crippen molar-refractivity contribution in [1.29, 1.82) is 0 Å². The van der Waals surface area contributed by atoms with Crippen LogP contribution in [0.1, 0.15) is 44.1 Å². The number of hydrogen-bond acceptors (Lipinski definition) is 0. The maximum atomic E-state index is 3.80. The molecule has 16 heavy (non-hydrogen) atoms. The number of alkyl halides is 1. The first-order valence-electron chi connectivity index (χ1n) is 6.54. The maximum absolute atomic E-state index is 3.80. The van der Waals surface area contributed by atoms with E-state index in [-0.39, 0.29) is 0 Å². The topological polar surface area (TPSA) is 0 Å². The number of hydrogen-bond donors (Lipinski definition) is 0. The summed E-state index contributed by atoms with van der Waals surface area (Å²) in [6, 6.07) is 10.8. The molecule has 1 aliphatic rings. The number of halogens is 1. The third kappa shape index (κ3) is 4.29. The van der Waals surface area contributed by atoms with Gasteiger partial charge in [0.25, 0.3) is 0 Å². The Bertz CT molecular complexity index is 290. The standard InChI is InChI=1S/C15H21Br/c16-15(14-11-12-14)10-6-2-5-9-13-7-3-1-4-8-13/h1,3-4,7-8,14-15H,2,5-6,9-12H2. The first-order valence-corrected chi connectivity index (χ1v) is 7.46. The van der Waals surface area contributed by atoms with Crippen molar-refractivity contribution in [2.45, 2.75) is 49.8 Å². The van der Waals surface area contributed by atoms with Crippen molar-refractivity contribution in [3.8, 4) is 0 Å². The van der Waals surface area contributed by atoms with Gasteiger partial charge in [-0.2, -0.15) is 0 Å². The van der Waals surface area contributed by atoms with E-state index in [9.17, 15) is 0 Å². The largest absolute Gasteiger partial charge is 0.0888 e. The van der Waals surface area contributed by atoms with Gasteiger partial charge < -0.3 is 0 Å². The first-order chi connectivity index (χ1) is 7.86. The maximum Gasteiger partial charge on any atom is 0.0174 e. The molecule has 0 saturated heterocycles. The van der Waals surface area contributed by atoms with E-state index in [0.29, 0.717) is 0 Å². The SMILES string of the molecule is BrC(CCCCCc1ccccc1)C1CC1. The van der Waals surface area contributed by atoms with Gasteiger partial charge in [-0.3, -0.25) is 0 Å². The van der Waals surface area contributed by atoms with Crippen molar-refractivity contribution < 1.29 is 0 Å². The molecule has 0 aromatic heterocycles. The van der Waals surface area contributed by atoms with Crippen LogP contribution in [0.25, 0.3) is 0 Å². The van der Waals surface area contributed by atoms with Crippen molar-refractivity contribution in [3.05, 3.63) is 35.9 Å². The zero-order chi connectivity index (χ0) is 11.2.